The van der Waals surface area contributed by atoms with Gasteiger partial charge in [0.25, 0.3) is 0 Å². The van der Waals surface area contributed by atoms with Crippen molar-refractivity contribution in [3.63, 3.8) is 0 Å². The molecule has 146 valence electrons. The lowest BCUT2D eigenvalue weighted by molar-refractivity contribution is -0.121. The molecule has 0 saturated carbocycles. The Kier molecular flexibility index (Phi) is 7.35. The molecule has 0 heterocycles. The number of nitrogens with one attached hydrogen (secondary N) is 1. The van der Waals surface area contributed by atoms with Crippen molar-refractivity contribution in [2.45, 2.75) is 13.0 Å². The van der Waals surface area contributed by atoms with Gasteiger partial charge in [-0.15, -0.1) is 0 Å². The average molecular weight is 431 g/mol. The summed E-state index contributed by atoms with van der Waals surface area (Å²) in [5, 5.41) is 3.15. The van der Waals surface area contributed by atoms with E-state index < -0.39 is 22.0 Å². The van der Waals surface area contributed by atoms with Crippen LogP contribution in [0, 0.1) is 0 Å². The first kappa shape index (κ1) is 21.3. The fourth-order valence-corrected chi connectivity index (χ4v) is 4.05. The van der Waals surface area contributed by atoms with E-state index in [2.05, 4.69) is 5.32 Å². The third-order valence-corrected chi connectivity index (χ3v) is 5.43. The number of para-hydroxylation sites is 1. The van der Waals surface area contributed by atoms with Gasteiger partial charge in [-0.3, -0.25) is 9.10 Å². The number of sulfonamides is 1. The fraction of sp³-hybridized carbons (Fsp3) is 0.278. The van der Waals surface area contributed by atoms with E-state index in [1.165, 1.54) is 19.1 Å². The Morgan fingerprint density at radius 3 is 2.48 bits per heavy atom. The quantitative estimate of drug-likeness (QED) is 0.651. The van der Waals surface area contributed by atoms with E-state index in [1.54, 1.807) is 18.2 Å². The molecule has 9 heteroatoms. The lowest BCUT2D eigenvalue weighted by Gasteiger charge is -2.29. The largest absolute Gasteiger partial charge is 0.492 e. The standard InChI is InChI=1S/C18H20Cl2N2O4S/c1-13(18(23)21-10-11-26-15-6-4-3-5-7-15)22(27(2,24)25)17-12-14(19)8-9-16(17)20/h3-9,12-13H,10-11H2,1-2H3,(H,21,23)/t13-/m1/s1. The Morgan fingerprint density at radius 2 is 1.85 bits per heavy atom. The molecule has 0 aliphatic carbocycles. The molecular weight excluding hydrogens is 411 g/mol. The van der Waals surface area contributed by atoms with Gasteiger partial charge >= 0.3 is 0 Å². The summed E-state index contributed by atoms with van der Waals surface area (Å²) in [6.07, 6.45) is 1.01. The number of ether oxygens (including phenoxy) is 1. The number of anilines is 1. The lowest BCUT2D eigenvalue weighted by Crippen LogP contribution is -2.48. The Balaban J connectivity index is 2.05. The normalized spacial score (nSPS) is 12.3. The van der Waals surface area contributed by atoms with E-state index in [9.17, 15) is 13.2 Å². The van der Waals surface area contributed by atoms with Gasteiger partial charge in [0, 0.05) is 5.02 Å². The highest BCUT2D eigenvalue weighted by atomic mass is 35.5. The van der Waals surface area contributed by atoms with Gasteiger partial charge in [-0.05, 0) is 37.3 Å². The van der Waals surface area contributed by atoms with Gasteiger partial charge in [0.2, 0.25) is 15.9 Å². The molecule has 0 aromatic heterocycles. The van der Waals surface area contributed by atoms with E-state index in [4.69, 9.17) is 27.9 Å². The van der Waals surface area contributed by atoms with Crippen LogP contribution in [0.3, 0.4) is 0 Å². The van der Waals surface area contributed by atoms with Crippen LogP contribution >= 0.6 is 23.2 Å². The molecule has 0 unspecified atom stereocenters. The summed E-state index contributed by atoms with van der Waals surface area (Å²) in [4.78, 5) is 12.5. The number of hydrogen-bond donors (Lipinski definition) is 1. The van der Waals surface area contributed by atoms with Crippen molar-refractivity contribution in [3.8, 4) is 5.75 Å². The molecule has 0 aliphatic rings. The first-order valence-electron chi connectivity index (χ1n) is 8.10. The van der Waals surface area contributed by atoms with E-state index in [0.29, 0.717) is 10.8 Å². The van der Waals surface area contributed by atoms with Gasteiger partial charge in [0.1, 0.15) is 18.4 Å². The maximum Gasteiger partial charge on any atom is 0.243 e. The van der Waals surface area contributed by atoms with Crippen molar-refractivity contribution >= 4 is 44.8 Å². The minimum Gasteiger partial charge on any atom is -0.492 e. The fourth-order valence-electron chi connectivity index (χ4n) is 2.44. The number of benzene rings is 2. The second-order valence-corrected chi connectivity index (χ2v) is 8.49. The first-order chi connectivity index (χ1) is 12.7. The van der Waals surface area contributed by atoms with Crippen LogP contribution in [0.2, 0.25) is 10.0 Å². The summed E-state index contributed by atoms with van der Waals surface area (Å²) in [5.41, 5.74) is 0.148. The van der Waals surface area contributed by atoms with Crippen LogP contribution in [0.5, 0.6) is 5.75 Å². The van der Waals surface area contributed by atoms with E-state index in [1.807, 2.05) is 18.2 Å². The molecule has 1 amide bonds. The highest BCUT2D eigenvalue weighted by Gasteiger charge is 2.30. The van der Waals surface area contributed by atoms with Crippen LogP contribution in [0.1, 0.15) is 6.92 Å². The smallest absolute Gasteiger partial charge is 0.243 e. The second kappa shape index (κ2) is 9.30. The van der Waals surface area contributed by atoms with Gasteiger partial charge in [0.15, 0.2) is 0 Å². The zero-order chi connectivity index (χ0) is 20.0. The molecule has 0 radical (unpaired) electrons. The highest BCUT2D eigenvalue weighted by Crippen LogP contribution is 2.32. The molecule has 1 atom stereocenters. The topological polar surface area (TPSA) is 75.7 Å². The van der Waals surface area contributed by atoms with Crippen LogP contribution in [0.4, 0.5) is 5.69 Å². The molecule has 0 saturated heterocycles. The summed E-state index contributed by atoms with van der Waals surface area (Å²) in [5.74, 6) is 0.205. The molecule has 2 aromatic rings. The number of halogens is 2. The van der Waals surface area contributed by atoms with Crippen molar-refractivity contribution < 1.29 is 17.9 Å². The summed E-state index contributed by atoms with van der Waals surface area (Å²) in [6.45, 7) is 1.95. The molecular formula is C18H20Cl2N2O4S. The van der Waals surface area contributed by atoms with E-state index >= 15 is 0 Å². The number of amides is 1. The Labute approximate surface area is 169 Å². The van der Waals surface area contributed by atoms with E-state index in [0.717, 1.165) is 10.6 Å². The van der Waals surface area contributed by atoms with E-state index in [-0.39, 0.29) is 23.9 Å². The minimum absolute atomic E-state index is 0.148. The zero-order valence-corrected chi connectivity index (χ0v) is 17.2. The number of hydrogen-bond acceptors (Lipinski definition) is 4. The number of carbonyl (C=O) groups is 1. The molecule has 0 spiro atoms. The SMILES string of the molecule is C[C@H](C(=O)NCCOc1ccccc1)N(c1cc(Cl)ccc1Cl)S(C)(=O)=O. The predicted octanol–water partition coefficient (Wildman–Crippen LogP) is 3.34. The van der Waals surface area contributed by atoms with Crippen molar-refractivity contribution in [2.24, 2.45) is 0 Å². The van der Waals surface area contributed by atoms with Crippen LogP contribution in [-0.4, -0.2) is 39.8 Å². The molecule has 0 bridgehead atoms. The zero-order valence-electron chi connectivity index (χ0n) is 14.9. The van der Waals surface area contributed by atoms with Gasteiger partial charge in [0.05, 0.1) is 23.5 Å². The Morgan fingerprint density at radius 1 is 1.19 bits per heavy atom. The van der Waals surface area contributed by atoms with Crippen LogP contribution in [-0.2, 0) is 14.8 Å². The van der Waals surface area contributed by atoms with Gasteiger partial charge in [-0.2, -0.15) is 0 Å². The number of rotatable bonds is 8. The van der Waals surface area contributed by atoms with Crippen LogP contribution in [0.15, 0.2) is 48.5 Å². The summed E-state index contributed by atoms with van der Waals surface area (Å²) < 4.78 is 31.0. The minimum atomic E-state index is -3.78. The average Bonchev–Trinajstić information content (AvgIpc) is 2.61. The van der Waals surface area contributed by atoms with Crippen molar-refractivity contribution in [1.82, 2.24) is 5.32 Å². The summed E-state index contributed by atoms with van der Waals surface area (Å²) in [6, 6.07) is 12.6. The molecule has 27 heavy (non-hydrogen) atoms. The highest BCUT2D eigenvalue weighted by molar-refractivity contribution is 7.92. The second-order valence-electron chi connectivity index (χ2n) is 5.78. The molecule has 0 aliphatic heterocycles. The number of carbonyl (C=O) groups excluding carboxylic acids is 1. The van der Waals surface area contributed by atoms with Crippen molar-refractivity contribution in [3.05, 3.63) is 58.6 Å². The predicted molar refractivity (Wildman–Crippen MR) is 108 cm³/mol. The molecule has 0 fully saturated rings. The third kappa shape index (κ3) is 6.02. The van der Waals surface area contributed by atoms with Gasteiger partial charge in [-0.1, -0.05) is 41.4 Å². The lowest BCUT2D eigenvalue weighted by atomic mass is 10.2. The maximum atomic E-state index is 12.5. The van der Waals surface area contributed by atoms with Crippen molar-refractivity contribution in [2.75, 3.05) is 23.7 Å². The molecule has 6 nitrogen and oxygen atoms in total. The van der Waals surface area contributed by atoms with Crippen LogP contribution in [0.25, 0.3) is 0 Å². The molecule has 1 N–H and O–H groups in total. The summed E-state index contributed by atoms with van der Waals surface area (Å²) >= 11 is 12.1. The summed E-state index contributed by atoms with van der Waals surface area (Å²) in [7, 11) is -3.78. The Hall–Kier alpha value is -1.96. The first-order valence-corrected chi connectivity index (χ1v) is 10.7. The third-order valence-electron chi connectivity index (χ3n) is 3.65. The monoisotopic (exact) mass is 430 g/mol. The van der Waals surface area contributed by atoms with Crippen LogP contribution < -0.4 is 14.4 Å². The number of nitrogens with zero attached hydrogens (tertiary/aromatic N) is 1. The van der Waals surface area contributed by atoms with Gasteiger partial charge < -0.3 is 10.1 Å². The Bertz CT molecular complexity index is 891. The molecule has 2 rings (SSSR count). The molecule has 2 aromatic carbocycles. The maximum absolute atomic E-state index is 12.5. The van der Waals surface area contributed by atoms with Crippen molar-refractivity contribution in [1.29, 1.82) is 0 Å². The van der Waals surface area contributed by atoms with Gasteiger partial charge in [-0.25, -0.2) is 8.42 Å².